The van der Waals surface area contributed by atoms with Gasteiger partial charge in [0.25, 0.3) is 5.91 Å². The van der Waals surface area contributed by atoms with Crippen molar-refractivity contribution in [2.75, 3.05) is 13.6 Å². The van der Waals surface area contributed by atoms with Crippen LogP contribution in [0.15, 0.2) is 36.9 Å². The van der Waals surface area contributed by atoms with E-state index in [2.05, 4.69) is 38.7 Å². The fourth-order valence-corrected chi connectivity index (χ4v) is 6.07. The third kappa shape index (κ3) is 2.65. The second-order valence-electron chi connectivity index (χ2n) is 8.87. The molecule has 2 saturated heterocycles. The van der Waals surface area contributed by atoms with Crippen LogP contribution in [0, 0.1) is 5.41 Å². The summed E-state index contributed by atoms with van der Waals surface area (Å²) < 4.78 is 0. The predicted molar refractivity (Wildman–Crippen MR) is 107 cm³/mol. The van der Waals surface area contributed by atoms with E-state index in [4.69, 9.17) is 0 Å². The van der Waals surface area contributed by atoms with Crippen LogP contribution < -0.4 is 0 Å². The average molecular weight is 377 g/mol. The number of aromatic nitrogens is 3. The van der Waals surface area contributed by atoms with E-state index < -0.39 is 0 Å². The molecule has 1 amide bonds. The molecule has 4 atom stereocenters. The molecule has 0 radical (unpaired) electrons. The van der Waals surface area contributed by atoms with E-state index in [1.807, 2.05) is 18.2 Å². The Kier molecular flexibility index (Phi) is 4.19. The lowest BCUT2D eigenvalue weighted by Gasteiger charge is -2.44. The second kappa shape index (κ2) is 6.62. The molecule has 4 heterocycles. The molecule has 5 rings (SSSR count). The fourth-order valence-electron chi connectivity index (χ4n) is 6.07. The Hall–Kier alpha value is -2.34. The number of fused-ring (bicyclic) bond motifs is 1. The molecule has 1 aliphatic carbocycles. The summed E-state index contributed by atoms with van der Waals surface area (Å²) in [5.41, 5.74) is 2.30. The molecule has 0 N–H and O–H groups in total. The van der Waals surface area contributed by atoms with E-state index in [-0.39, 0.29) is 17.4 Å². The zero-order valence-corrected chi connectivity index (χ0v) is 16.6. The molecule has 0 aromatic carbocycles. The normalized spacial score (nSPS) is 32.2. The first-order valence-electron chi connectivity index (χ1n) is 10.3. The number of likely N-dealkylation sites (tertiary alicyclic amines) is 2. The predicted octanol–water partition coefficient (Wildman–Crippen LogP) is 3.02. The molecule has 146 valence electrons. The largest absolute Gasteiger partial charge is 0.329 e. The summed E-state index contributed by atoms with van der Waals surface area (Å²) >= 11 is 0. The molecule has 2 aromatic heterocycles. The number of hydrogen-bond acceptors (Lipinski definition) is 5. The van der Waals surface area contributed by atoms with Crippen LogP contribution in [0.3, 0.4) is 0 Å². The van der Waals surface area contributed by atoms with Crippen LogP contribution in [0.5, 0.6) is 0 Å². The lowest BCUT2D eigenvalue weighted by Crippen LogP contribution is -2.51. The van der Waals surface area contributed by atoms with Crippen LogP contribution in [0.2, 0.25) is 0 Å². The number of nitrogens with zero attached hydrogens (tertiary/aromatic N) is 5. The number of piperidine rings is 1. The quantitative estimate of drug-likeness (QED) is 0.805. The molecule has 28 heavy (non-hydrogen) atoms. The number of hydrogen-bond donors (Lipinski definition) is 0. The van der Waals surface area contributed by atoms with Gasteiger partial charge in [-0.05, 0) is 38.4 Å². The van der Waals surface area contributed by atoms with Gasteiger partial charge in [0.15, 0.2) is 0 Å². The summed E-state index contributed by atoms with van der Waals surface area (Å²) in [4.78, 5) is 31.2. The Bertz CT molecular complexity index is 888. The minimum atomic E-state index is 0.0772. The number of carbonyl (C=O) groups excluding carboxylic acids is 1. The van der Waals surface area contributed by atoms with Gasteiger partial charge in [0.2, 0.25) is 0 Å². The van der Waals surface area contributed by atoms with Crippen molar-refractivity contribution in [3.05, 3.63) is 42.6 Å². The maximum absolute atomic E-state index is 13.6. The summed E-state index contributed by atoms with van der Waals surface area (Å²) in [7, 11) is 2.24. The highest BCUT2D eigenvalue weighted by molar-refractivity contribution is 5.93. The van der Waals surface area contributed by atoms with Crippen molar-refractivity contribution in [2.45, 2.75) is 57.2 Å². The van der Waals surface area contributed by atoms with Gasteiger partial charge in [0, 0.05) is 48.0 Å². The lowest BCUT2D eigenvalue weighted by atomic mass is 9.71. The molecule has 3 aliphatic rings. The number of pyridine rings is 1. The van der Waals surface area contributed by atoms with Crippen LogP contribution in [0.4, 0.5) is 0 Å². The van der Waals surface area contributed by atoms with Crippen LogP contribution in [0.25, 0.3) is 11.3 Å². The summed E-state index contributed by atoms with van der Waals surface area (Å²) in [6.07, 6.45) is 10.9. The lowest BCUT2D eigenvalue weighted by molar-refractivity contribution is 0.0576. The third-order valence-corrected chi connectivity index (χ3v) is 7.22. The molecule has 2 bridgehead atoms. The van der Waals surface area contributed by atoms with Crippen LogP contribution in [-0.2, 0) is 0 Å². The number of carbonyl (C=O) groups is 1. The maximum atomic E-state index is 13.6. The molecule has 0 spiro atoms. The average Bonchev–Trinajstić information content (AvgIpc) is 2.83. The van der Waals surface area contributed by atoms with Crippen molar-refractivity contribution >= 4 is 5.91 Å². The van der Waals surface area contributed by atoms with Gasteiger partial charge < -0.3 is 9.80 Å². The van der Waals surface area contributed by atoms with E-state index in [1.165, 1.54) is 25.6 Å². The van der Waals surface area contributed by atoms with Gasteiger partial charge in [-0.3, -0.25) is 4.79 Å². The second-order valence-corrected chi connectivity index (χ2v) is 8.87. The van der Waals surface area contributed by atoms with E-state index in [9.17, 15) is 4.79 Å². The maximum Gasteiger partial charge on any atom is 0.273 e. The Morgan fingerprint density at radius 1 is 1.14 bits per heavy atom. The Labute approximate surface area is 166 Å². The summed E-state index contributed by atoms with van der Waals surface area (Å²) in [6, 6.07) is 6.84. The highest BCUT2D eigenvalue weighted by Gasteiger charge is 2.59. The Morgan fingerprint density at radius 2 is 1.89 bits per heavy atom. The van der Waals surface area contributed by atoms with Crippen molar-refractivity contribution in [3.63, 3.8) is 0 Å². The SMILES string of the molecule is CN1C[C@@H]2C[C@@]3(C)[C@H](CCCC[C@@H]13)N2C(=O)c1cccc(-c2cncnc2)n1. The van der Waals surface area contributed by atoms with E-state index in [1.54, 1.807) is 12.4 Å². The van der Waals surface area contributed by atoms with Crippen molar-refractivity contribution < 1.29 is 4.79 Å². The first kappa shape index (κ1) is 17.7. The molecule has 3 fully saturated rings. The van der Waals surface area contributed by atoms with Crippen LogP contribution in [-0.4, -0.2) is 62.4 Å². The van der Waals surface area contributed by atoms with Crippen LogP contribution >= 0.6 is 0 Å². The van der Waals surface area contributed by atoms with Gasteiger partial charge in [-0.15, -0.1) is 0 Å². The monoisotopic (exact) mass is 377 g/mol. The topological polar surface area (TPSA) is 62.2 Å². The molecule has 0 unspecified atom stereocenters. The minimum Gasteiger partial charge on any atom is -0.329 e. The van der Waals surface area contributed by atoms with Gasteiger partial charge in [0.1, 0.15) is 12.0 Å². The van der Waals surface area contributed by atoms with E-state index >= 15 is 0 Å². The zero-order valence-electron chi connectivity index (χ0n) is 16.6. The van der Waals surface area contributed by atoms with Crippen LogP contribution in [0.1, 0.15) is 49.5 Å². The smallest absolute Gasteiger partial charge is 0.273 e. The summed E-state index contributed by atoms with van der Waals surface area (Å²) in [6.45, 7) is 3.38. The van der Waals surface area contributed by atoms with Crippen molar-refractivity contribution in [1.29, 1.82) is 0 Å². The molecule has 2 aliphatic heterocycles. The fraction of sp³-hybridized carbons (Fsp3) is 0.545. The van der Waals surface area contributed by atoms with E-state index in [0.29, 0.717) is 17.8 Å². The molecule has 6 heteroatoms. The summed E-state index contributed by atoms with van der Waals surface area (Å²) in [5.74, 6) is 0.0772. The van der Waals surface area contributed by atoms with Crippen molar-refractivity contribution in [2.24, 2.45) is 5.41 Å². The molecule has 1 saturated carbocycles. The highest BCUT2D eigenvalue weighted by Crippen LogP contribution is 2.53. The summed E-state index contributed by atoms with van der Waals surface area (Å²) in [5, 5.41) is 0. The molecular weight excluding hydrogens is 350 g/mol. The first-order valence-corrected chi connectivity index (χ1v) is 10.3. The van der Waals surface area contributed by atoms with Crippen molar-refractivity contribution in [1.82, 2.24) is 24.8 Å². The van der Waals surface area contributed by atoms with Gasteiger partial charge in [-0.2, -0.15) is 0 Å². The van der Waals surface area contributed by atoms with Gasteiger partial charge in [-0.25, -0.2) is 15.0 Å². The van der Waals surface area contributed by atoms with Gasteiger partial charge in [0.05, 0.1) is 5.69 Å². The molecular formula is C22H27N5O. The van der Waals surface area contributed by atoms with Gasteiger partial charge in [-0.1, -0.05) is 25.8 Å². The zero-order chi connectivity index (χ0) is 19.3. The number of rotatable bonds is 2. The van der Waals surface area contributed by atoms with Gasteiger partial charge >= 0.3 is 0 Å². The number of amides is 1. The minimum absolute atomic E-state index is 0.0772. The first-order chi connectivity index (χ1) is 13.6. The standard InChI is InChI=1S/C22H27N5O/c1-22-10-16-13-26(2)19(22)8-3-4-9-20(22)27(16)21(28)18-7-5-6-17(25-18)15-11-23-14-24-12-15/h5-7,11-12,14,16,19-20H,3-4,8-10,13H2,1-2H3/t16-,19+,20-,22+/m0/s1. The Morgan fingerprint density at radius 3 is 2.68 bits per heavy atom. The number of likely N-dealkylation sites (N-methyl/N-ethyl adjacent to an activating group) is 1. The third-order valence-electron chi connectivity index (χ3n) is 7.22. The Balaban J connectivity index is 1.50. The molecule has 2 aromatic rings. The highest BCUT2D eigenvalue weighted by atomic mass is 16.2. The molecule has 6 nitrogen and oxygen atoms in total. The van der Waals surface area contributed by atoms with E-state index in [0.717, 1.165) is 30.6 Å². The van der Waals surface area contributed by atoms with Crippen molar-refractivity contribution in [3.8, 4) is 11.3 Å².